The molecule has 0 aliphatic heterocycles. The SMILES string of the molecule is CC(C)(C)[Si](C)(C)Oc1ccc(-c2coc3cc(O[Si](C)(C)C(C)(C)C)cc(O)c3c2=O)cc1. The Bertz CT molecular complexity index is 1240. The smallest absolute Gasteiger partial charge is 0.250 e. The molecule has 0 spiro atoms. The van der Waals surface area contributed by atoms with Gasteiger partial charge in [-0.1, -0.05) is 53.7 Å². The van der Waals surface area contributed by atoms with E-state index in [1.54, 1.807) is 6.07 Å². The number of hydrogen-bond acceptors (Lipinski definition) is 5. The van der Waals surface area contributed by atoms with Gasteiger partial charge < -0.3 is 18.4 Å². The van der Waals surface area contributed by atoms with E-state index < -0.39 is 16.6 Å². The van der Waals surface area contributed by atoms with Gasteiger partial charge in [0.2, 0.25) is 22.1 Å². The normalized spacial score (nSPS) is 13.2. The van der Waals surface area contributed by atoms with Crippen LogP contribution in [0.2, 0.25) is 36.3 Å². The van der Waals surface area contributed by atoms with Crippen molar-refractivity contribution in [3.05, 3.63) is 52.9 Å². The molecule has 184 valence electrons. The summed E-state index contributed by atoms with van der Waals surface area (Å²) in [5.41, 5.74) is 1.12. The third kappa shape index (κ3) is 5.10. The molecule has 0 bridgehead atoms. The van der Waals surface area contributed by atoms with E-state index in [0.717, 1.165) is 5.75 Å². The highest BCUT2D eigenvalue weighted by Gasteiger charge is 2.40. The molecule has 0 atom stereocenters. The van der Waals surface area contributed by atoms with Crippen LogP contribution in [0.3, 0.4) is 0 Å². The van der Waals surface area contributed by atoms with E-state index in [1.807, 2.05) is 24.3 Å². The molecule has 0 saturated heterocycles. The molecule has 0 aliphatic rings. The maximum absolute atomic E-state index is 13.3. The van der Waals surface area contributed by atoms with Crippen molar-refractivity contribution >= 4 is 27.6 Å². The summed E-state index contributed by atoms with van der Waals surface area (Å²) in [6, 6.07) is 10.7. The quantitative estimate of drug-likeness (QED) is 0.362. The van der Waals surface area contributed by atoms with Crippen LogP contribution in [0.1, 0.15) is 41.5 Å². The van der Waals surface area contributed by atoms with Gasteiger partial charge >= 0.3 is 0 Å². The lowest BCUT2D eigenvalue weighted by Crippen LogP contribution is -2.43. The van der Waals surface area contributed by atoms with Gasteiger partial charge in [0.05, 0.1) is 5.56 Å². The molecule has 1 heterocycles. The van der Waals surface area contributed by atoms with Crippen molar-refractivity contribution in [3.63, 3.8) is 0 Å². The molecule has 3 rings (SSSR count). The van der Waals surface area contributed by atoms with Crippen LogP contribution < -0.4 is 14.3 Å². The third-order valence-corrected chi connectivity index (χ3v) is 16.1. The van der Waals surface area contributed by atoms with Gasteiger partial charge in [-0.15, -0.1) is 0 Å². The predicted molar refractivity (Wildman–Crippen MR) is 145 cm³/mol. The number of aromatic hydroxyl groups is 1. The summed E-state index contributed by atoms with van der Waals surface area (Å²) < 4.78 is 18.4. The van der Waals surface area contributed by atoms with Crippen molar-refractivity contribution in [2.75, 3.05) is 0 Å². The zero-order chi connectivity index (χ0) is 25.7. The summed E-state index contributed by atoms with van der Waals surface area (Å²) in [6.45, 7) is 21.7. The number of phenols is 1. The van der Waals surface area contributed by atoms with E-state index in [0.29, 0.717) is 22.5 Å². The van der Waals surface area contributed by atoms with E-state index in [1.165, 1.54) is 12.3 Å². The van der Waals surface area contributed by atoms with Gasteiger partial charge in [-0.3, -0.25) is 4.79 Å². The Morgan fingerprint density at radius 3 is 1.79 bits per heavy atom. The van der Waals surface area contributed by atoms with Crippen LogP contribution in [-0.4, -0.2) is 21.7 Å². The van der Waals surface area contributed by atoms with E-state index in [2.05, 4.69) is 67.7 Å². The molecule has 7 heteroatoms. The number of fused-ring (bicyclic) bond motifs is 1. The first kappa shape index (κ1) is 26.1. The molecule has 2 aromatic carbocycles. The zero-order valence-corrected chi connectivity index (χ0v) is 24.1. The molecule has 0 unspecified atom stereocenters. The Hall–Kier alpha value is -2.52. The minimum absolute atomic E-state index is 0.00271. The van der Waals surface area contributed by atoms with Gasteiger partial charge in [0.1, 0.15) is 34.5 Å². The number of phenolic OH excluding ortho intramolecular Hbond substituents is 1. The van der Waals surface area contributed by atoms with Gasteiger partial charge in [-0.05, 0) is 54.0 Å². The van der Waals surface area contributed by atoms with Crippen LogP contribution in [0.5, 0.6) is 17.2 Å². The first-order chi connectivity index (χ1) is 15.4. The molecule has 1 N–H and O–H groups in total. The van der Waals surface area contributed by atoms with Crippen molar-refractivity contribution in [2.45, 2.75) is 77.8 Å². The van der Waals surface area contributed by atoms with Gasteiger partial charge in [-0.2, -0.15) is 0 Å². The molecule has 0 fully saturated rings. The fraction of sp³-hybridized carbons (Fsp3) is 0.444. The van der Waals surface area contributed by atoms with Crippen LogP contribution in [0.25, 0.3) is 22.1 Å². The minimum Gasteiger partial charge on any atom is -0.544 e. The Kier molecular flexibility index (Phi) is 6.61. The summed E-state index contributed by atoms with van der Waals surface area (Å²) in [5.74, 6) is 1.16. The van der Waals surface area contributed by atoms with Gasteiger partial charge in [-0.25, -0.2) is 0 Å². The second kappa shape index (κ2) is 8.61. The largest absolute Gasteiger partial charge is 0.544 e. The monoisotopic (exact) mass is 498 g/mol. The lowest BCUT2D eigenvalue weighted by molar-refractivity contribution is 0.463. The Morgan fingerprint density at radius 2 is 1.29 bits per heavy atom. The molecule has 0 saturated carbocycles. The van der Waals surface area contributed by atoms with Gasteiger partial charge in [0, 0.05) is 12.1 Å². The molecule has 3 aromatic rings. The lowest BCUT2D eigenvalue weighted by Gasteiger charge is -2.36. The first-order valence-corrected chi connectivity index (χ1v) is 17.5. The fourth-order valence-corrected chi connectivity index (χ4v) is 5.11. The van der Waals surface area contributed by atoms with Crippen LogP contribution in [-0.2, 0) is 0 Å². The predicted octanol–water partition coefficient (Wildman–Crippen LogP) is 7.93. The minimum atomic E-state index is -2.11. The highest BCUT2D eigenvalue weighted by atomic mass is 28.4. The van der Waals surface area contributed by atoms with Crippen molar-refractivity contribution < 1.29 is 18.4 Å². The maximum atomic E-state index is 13.3. The van der Waals surface area contributed by atoms with E-state index in [-0.39, 0.29) is 26.6 Å². The fourth-order valence-electron chi connectivity index (χ4n) is 3.06. The Balaban J connectivity index is 1.96. The summed E-state index contributed by atoms with van der Waals surface area (Å²) in [5, 5.41) is 11.0. The van der Waals surface area contributed by atoms with E-state index in [4.69, 9.17) is 13.3 Å². The summed E-state index contributed by atoms with van der Waals surface area (Å²) in [4.78, 5) is 13.3. The summed E-state index contributed by atoms with van der Waals surface area (Å²) in [7, 11) is -4.06. The van der Waals surface area contributed by atoms with Crippen LogP contribution in [0.15, 0.2) is 51.9 Å². The first-order valence-electron chi connectivity index (χ1n) is 11.7. The zero-order valence-electron chi connectivity index (χ0n) is 22.1. The molecular weight excluding hydrogens is 460 g/mol. The molecule has 0 radical (unpaired) electrons. The molecule has 5 nitrogen and oxygen atoms in total. The standard InChI is InChI=1S/C27H38O5Si2/c1-26(2,3)33(7,8)31-19-13-11-18(12-14-19)21-17-30-23-16-20(15-22(28)24(23)25(21)29)32-34(9,10)27(4,5)6/h11-17,28H,1-10H3. The van der Waals surface area contributed by atoms with E-state index >= 15 is 0 Å². The third-order valence-electron chi connectivity index (χ3n) is 7.35. The Labute approximate surface area is 205 Å². The van der Waals surface area contributed by atoms with Gasteiger partial charge in [0.15, 0.2) is 0 Å². The lowest BCUT2D eigenvalue weighted by atomic mass is 10.0. The topological polar surface area (TPSA) is 68.9 Å². The average molecular weight is 499 g/mol. The van der Waals surface area contributed by atoms with Gasteiger partial charge in [0.25, 0.3) is 0 Å². The van der Waals surface area contributed by atoms with Crippen molar-refractivity contribution in [1.29, 1.82) is 0 Å². The second-order valence-corrected chi connectivity index (χ2v) is 21.5. The number of benzene rings is 2. The second-order valence-electron chi connectivity index (χ2n) is 12.0. The summed E-state index contributed by atoms with van der Waals surface area (Å²) in [6.07, 6.45) is 1.45. The van der Waals surface area contributed by atoms with Crippen molar-refractivity contribution in [2.24, 2.45) is 0 Å². The molecule has 1 aromatic heterocycles. The van der Waals surface area contributed by atoms with Crippen LogP contribution in [0.4, 0.5) is 0 Å². The van der Waals surface area contributed by atoms with E-state index in [9.17, 15) is 9.90 Å². The molecule has 0 amide bonds. The maximum Gasteiger partial charge on any atom is 0.250 e. The summed E-state index contributed by atoms with van der Waals surface area (Å²) >= 11 is 0. The molecule has 34 heavy (non-hydrogen) atoms. The average Bonchev–Trinajstić information content (AvgIpc) is 2.66. The number of hydrogen-bond donors (Lipinski definition) is 1. The molecular formula is C27H38O5Si2. The Morgan fingerprint density at radius 1 is 0.794 bits per heavy atom. The van der Waals surface area contributed by atoms with Crippen molar-refractivity contribution in [1.82, 2.24) is 0 Å². The molecule has 0 aliphatic carbocycles. The van der Waals surface area contributed by atoms with Crippen LogP contribution >= 0.6 is 0 Å². The highest BCUT2D eigenvalue weighted by molar-refractivity contribution is 6.75. The number of rotatable bonds is 5. The van der Waals surface area contributed by atoms with Crippen LogP contribution in [0, 0.1) is 0 Å². The highest BCUT2D eigenvalue weighted by Crippen LogP contribution is 2.40. The van der Waals surface area contributed by atoms with Crippen molar-refractivity contribution in [3.8, 4) is 28.4 Å².